The minimum absolute atomic E-state index is 0.140. The second-order valence-corrected chi connectivity index (χ2v) is 5.24. The number of hydrogen-bond donors (Lipinski definition) is 0. The number of hydrogen-bond acceptors (Lipinski definition) is 4. The van der Waals surface area contributed by atoms with Crippen molar-refractivity contribution in [2.45, 2.75) is 32.6 Å². The fourth-order valence-electron chi connectivity index (χ4n) is 1.17. The SMILES string of the molecule is CC(C)(C)c1nc(N2CCC2)ns1. The van der Waals surface area contributed by atoms with Crippen LogP contribution in [0.2, 0.25) is 0 Å². The molecule has 0 N–H and O–H groups in total. The second kappa shape index (κ2) is 2.94. The van der Waals surface area contributed by atoms with Crippen LogP contribution in [0.25, 0.3) is 0 Å². The van der Waals surface area contributed by atoms with E-state index in [2.05, 4.69) is 35.0 Å². The van der Waals surface area contributed by atoms with Crippen LogP contribution in [0.4, 0.5) is 5.95 Å². The lowest BCUT2D eigenvalue weighted by atomic mass is 9.98. The smallest absolute Gasteiger partial charge is 0.237 e. The van der Waals surface area contributed by atoms with Crippen LogP contribution in [0.5, 0.6) is 0 Å². The molecule has 0 radical (unpaired) electrons. The van der Waals surface area contributed by atoms with Crippen LogP contribution in [0.1, 0.15) is 32.2 Å². The molecule has 0 bridgehead atoms. The molecule has 1 fully saturated rings. The molecule has 1 saturated heterocycles. The Morgan fingerprint density at radius 2 is 2.00 bits per heavy atom. The Morgan fingerprint density at radius 3 is 2.38 bits per heavy atom. The maximum Gasteiger partial charge on any atom is 0.237 e. The Kier molecular flexibility index (Phi) is 2.02. The van der Waals surface area contributed by atoms with E-state index >= 15 is 0 Å². The average molecular weight is 197 g/mol. The molecule has 13 heavy (non-hydrogen) atoms. The molecule has 0 aromatic carbocycles. The van der Waals surface area contributed by atoms with E-state index < -0.39 is 0 Å². The van der Waals surface area contributed by atoms with Crippen LogP contribution in [-0.2, 0) is 5.41 Å². The molecule has 0 atom stereocenters. The van der Waals surface area contributed by atoms with Crippen LogP contribution < -0.4 is 4.90 Å². The van der Waals surface area contributed by atoms with E-state index in [1.54, 1.807) is 0 Å². The summed E-state index contributed by atoms with van der Waals surface area (Å²) < 4.78 is 4.36. The summed E-state index contributed by atoms with van der Waals surface area (Å²) >= 11 is 1.53. The summed E-state index contributed by atoms with van der Waals surface area (Å²) in [7, 11) is 0. The predicted molar refractivity (Wildman–Crippen MR) is 55.4 cm³/mol. The maximum absolute atomic E-state index is 4.54. The Hall–Kier alpha value is -0.640. The molecule has 1 aliphatic heterocycles. The van der Waals surface area contributed by atoms with Crippen LogP contribution in [0.15, 0.2) is 0 Å². The maximum atomic E-state index is 4.54. The molecule has 0 amide bonds. The van der Waals surface area contributed by atoms with Gasteiger partial charge in [-0.2, -0.15) is 4.37 Å². The standard InChI is InChI=1S/C9H15N3S/c1-9(2,3)7-10-8(11-13-7)12-5-4-6-12/h4-6H2,1-3H3. The highest BCUT2D eigenvalue weighted by molar-refractivity contribution is 7.05. The van der Waals surface area contributed by atoms with Crippen LogP contribution >= 0.6 is 11.5 Å². The zero-order chi connectivity index (χ0) is 9.47. The van der Waals surface area contributed by atoms with Gasteiger partial charge in [-0.1, -0.05) is 20.8 Å². The van der Waals surface area contributed by atoms with Gasteiger partial charge in [0.15, 0.2) is 0 Å². The first-order chi connectivity index (χ1) is 6.07. The topological polar surface area (TPSA) is 29.0 Å². The lowest BCUT2D eigenvalue weighted by Gasteiger charge is -2.29. The van der Waals surface area contributed by atoms with Crippen molar-refractivity contribution in [3.63, 3.8) is 0 Å². The van der Waals surface area contributed by atoms with Gasteiger partial charge < -0.3 is 4.90 Å². The van der Waals surface area contributed by atoms with Gasteiger partial charge >= 0.3 is 0 Å². The summed E-state index contributed by atoms with van der Waals surface area (Å²) in [6.45, 7) is 8.77. The van der Waals surface area contributed by atoms with E-state index in [-0.39, 0.29) is 5.41 Å². The predicted octanol–water partition coefficient (Wildman–Crippen LogP) is 2.05. The number of anilines is 1. The first-order valence-corrected chi connectivity index (χ1v) is 5.44. The van der Waals surface area contributed by atoms with Crippen molar-refractivity contribution < 1.29 is 0 Å². The summed E-state index contributed by atoms with van der Waals surface area (Å²) in [5, 5.41) is 1.13. The van der Waals surface area contributed by atoms with Gasteiger partial charge in [0, 0.05) is 18.5 Å². The van der Waals surface area contributed by atoms with E-state index in [0.29, 0.717) is 0 Å². The molecular weight excluding hydrogens is 182 g/mol. The van der Waals surface area contributed by atoms with Crippen molar-refractivity contribution in [3.8, 4) is 0 Å². The Bertz CT molecular complexity index is 296. The summed E-state index contributed by atoms with van der Waals surface area (Å²) in [5.41, 5.74) is 0.140. The molecule has 0 saturated carbocycles. The highest BCUT2D eigenvalue weighted by Crippen LogP contribution is 2.27. The van der Waals surface area contributed by atoms with Crippen molar-refractivity contribution in [1.82, 2.24) is 9.36 Å². The number of rotatable bonds is 1. The minimum atomic E-state index is 0.140. The quantitative estimate of drug-likeness (QED) is 0.690. The first kappa shape index (κ1) is 8.94. The highest BCUT2D eigenvalue weighted by atomic mass is 32.1. The molecule has 0 unspecified atom stereocenters. The molecule has 0 spiro atoms. The summed E-state index contributed by atoms with van der Waals surface area (Å²) in [4.78, 5) is 6.76. The Labute approximate surface area is 83.0 Å². The van der Waals surface area contributed by atoms with Gasteiger partial charge in [-0.05, 0) is 18.0 Å². The van der Waals surface area contributed by atoms with Crippen LogP contribution in [0, 0.1) is 0 Å². The molecule has 4 heteroatoms. The lowest BCUT2D eigenvalue weighted by molar-refractivity contribution is 0.573. The highest BCUT2D eigenvalue weighted by Gasteiger charge is 2.23. The van der Waals surface area contributed by atoms with E-state index in [4.69, 9.17) is 0 Å². The zero-order valence-corrected chi connectivity index (χ0v) is 9.19. The van der Waals surface area contributed by atoms with Crippen molar-refractivity contribution >= 4 is 17.5 Å². The van der Waals surface area contributed by atoms with Crippen molar-refractivity contribution in [1.29, 1.82) is 0 Å². The van der Waals surface area contributed by atoms with Gasteiger partial charge in [-0.25, -0.2) is 4.98 Å². The van der Waals surface area contributed by atoms with Gasteiger partial charge in [-0.15, -0.1) is 0 Å². The van der Waals surface area contributed by atoms with Gasteiger partial charge in [0.25, 0.3) is 0 Å². The molecule has 2 heterocycles. The van der Waals surface area contributed by atoms with E-state index in [1.165, 1.54) is 18.0 Å². The summed E-state index contributed by atoms with van der Waals surface area (Å²) in [6, 6.07) is 0. The number of nitrogens with zero attached hydrogens (tertiary/aromatic N) is 3. The minimum Gasteiger partial charge on any atom is -0.340 e. The van der Waals surface area contributed by atoms with Gasteiger partial charge in [0.05, 0.1) is 0 Å². The molecule has 1 aromatic heterocycles. The third-order valence-electron chi connectivity index (χ3n) is 2.20. The van der Waals surface area contributed by atoms with Crippen LogP contribution in [-0.4, -0.2) is 22.4 Å². The van der Waals surface area contributed by atoms with Crippen molar-refractivity contribution in [3.05, 3.63) is 5.01 Å². The Morgan fingerprint density at radius 1 is 1.31 bits per heavy atom. The third kappa shape index (κ3) is 1.68. The summed E-state index contributed by atoms with van der Waals surface area (Å²) in [5.74, 6) is 0.932. The van der Waals surface area contributed by atoms with E-state index in [0.717, 1.165) is 24.0 Å². The molecule has 1 aromatic rings. The molecule has 0 aliphatic carbocycles. The third-order valence-corrected chi connectivity index (χ3v) is 3.33. The van der Waals surface area contributed by atoms with E-state index in [9.17, 15) is 0 Å². The first-order valence-electron chi connectivity index (χ1n) is 4.66. The average Bonchev–Trinajstić information content (AvgIpc) is 2.29. The molecule has 72 valence electrons. The van der Waals surface area contributed by atoms with Gasteiger partial charge in [0.2, 0.25) is 5.95 Å². The second-order valence-electron chi connectivity index (χ2n) is 4.49. The molecule has 2 rings (SSSR count). The fraction of sp³-hybridized carbons (Fsp3) is 0.778. The number of aromatic nitrogens is 2. The normalized spacial score (nSPS) is 17.3. The van der Waals surface area contributed by atoms with Gasteiger partial charge in [-0.3, -0.25) is 0 Å². The zero-order valence-electron chi connectivity index (χ0n) is 8.37. The van der Waals surface area contributed by atoms with E-state index in [1.807, 2.05) is 0 Å². The Balaban J connectivity index is 2.17. The van der Waals surface area contributed by atoms with Crippen LogP contribution in [0.3, 0.4) is 0 Å². The lowest BCUT2D eigenvalue weighted by Crippen LogP contribution is -2.37. The monoisotopic (exact) mass is 197 g/mol. The van der Waals surface area contributed by atoms with Gasteiger partial charge in [0.1, 0.15) is 5.01 Å². The molecule has 1 aliphatic rings. The van der Waals surface area contributed by atoms with Crippen molar-refractivity contribution in [2.75, 3.05) is 18.0 Å². The molecular formula is C9H15N3S. The molecule has 3 nitrogen and oxygen atoms in total. The van der Waals surface area contributed by atoms with Crippen molar-refractivity contribution in [2.24, 2.45) is 0 Å². The fourth-order valence-corrected chi connectivity index (χ4v) is 1.89. The summed E-state index contributed by atoms with van der Waals surface area (Å²) in [6.07, 6.45) is 1.28. The largest absolute Gasteiger partial charge is 0.340 e.